The normalized spacial score (nSPS) is 29.0. The summed E-state index contributed by atoms with van der Waals surface area (Å²) in [5.41, 5.74) is 1.96. The summed E-state index contributed by atoms with van der Waals surface area (Å²) >= 11 is 0.593. The molecule has 4 atom stereocenters. The first-order valence-electron chi connectivity index (χ1n) is 10.1. The number of aliphatic hydroxyl groups is 3. The highest BCUT2D eigenvalue weighted by atomic mass is 32.2. The summed E-state index contributed by atoms with van der Waals surface area (Å²) in [6, 6.07) is 2.23. The number of carbonyl (C=O) groups excluding carboxylic acids is 3. The second-order valence-corrected chi connectivity index (χ2v) is 9.73. The van der Waals surface area contributed by atoms with E-state index in [1.54, 1.807) is 26.2 Å². The fraction of sp³-hybridized carbons (Fsp3) is 0.409. The van der Waals surface area contributed by atoms with Gasteiger partial charge in [0, 0.05) is 11.2 Å². The average Bonchev–Trinajstić information content (AvgIpc) is 2.75. The van der Waals surface area contributed by atoms with Crippen molar-refractivity contribution in [3.63, 3.8) is 0 Å². The van der Waals surface area contributed by atoms with Crippen LogP contribution in [0.1, 0.15) is 16.8 Å². The van der Waals surface area contributed by atoms with Gasteiger partial charge in [-0.1, -0.05) is 0 Å². The topological polar surface area (TPSA) is 160 Å². The molecule has 1 aromatic carbocycles. The Bertz CT molecular complexity index is 1160. The molecular formula is C22H25N2O8S. The van der Waals surface area contributed by atoms with E-state index in [-0.39, 0.29) is 23.3 Å². The minimum absolute atomic E-state index is 0.0632. The summed E-state index contributed by atoms with van der Waals surface area (Å²) in [6.45, 7) is 0. The number of thiol groups is 1. The monoisotopic (exact) mass is 477 g/mol. The molecular weight excluding hydrogens is 452 g/mol. The number of primary amides is 1. The number of carbonyl (C=O) groups is 3. The van der Waals surface area contributed by atoms with E-state index in [0.717, 1.165) is 0 Å². The van der Waals surface area contributed by atoms with E-state index < -0.39 is 57.4 Å². The summed E-state index contributed by atoms with van der Waals surface area (Å²) in [4.78, 5) is 40.9. The molecule has 1 amide bonds. The van der Waals surface area contributed by atoms with E-state index >= 15 is 0 Å². The lowest BCUT2D eigenvalue weighted by Gasteiger charge is -2.50. The molecule has 33 heavy (non-hydrogen) atoms. The van der Waals surface area contributed by atoms with Crippen LogP contribution in [0.25, 0.3) is 0 Å². The summed E-state index contributed by atoms with van der Waals surface area (Å²) in [6.07, 6.45) is 0.0632. The van der Waals surface area contributed by atoms with Gasteiger partial charge in [0.25, 0.3) is 5.91 Å². The van der Waals surface area contributed by atoms with E-state index in [2.05, 4.69) is 0 Å². The lowest BCUT2D eigenvalue weighted by molar-refractivity contribution is -0.147. The van der Waals surface area contributed by atoms with E-state index in [4.69, 9.17) is 15.2 Å². The summed E-state index contributed by atoms with van der Waals surface area (Å²) in [5.74, 6) is -4.80. The van der Waals surface area contributed by atoms with Gasteiger partial charge < -0.3 is 30.5 Å². The number of rotatable bonds is 4. The van der Waals surface area contributed by atoms with Gasteiger partial charge in [0.15, 0.2) is 11.4 Å². The van der Waals surface area contributed by atoms with E-state index in [0.29, 0.717) is 22.4 Å². The molecule has 2 aliphatic carbocycles. The standard InChI is InChI=1S/C22H25N2O8S/c1-24(2)15-8-7-11-13(19(27)22(8,30)20(28)14(17(15)26)21(23)29)16(25)12-9(31-3)5-6-10(32-4)18(12)33-11/h5-6,8,11,15,26-27,30,33H,7H2,1-4H3,(H2,23,29). The van der Waals surface area contributed by atoms with Gasteiger partial charge in [-0.15, -0.1) is 0 Å². The van der Waals surface area contributed by atoms with Crippen molar-refractivity contribution in [1.29, 1.82) is 0 Å². The number of Topliss-reactive ketones (excluding diaryl/α,β-unsaturated/α-hetero) is 2. The van der Waals surface area contributed by atoms with Crippen molar-refractivity contribution in [2.24, 2.45) is 11.7 Å². The number of nitrogens with zero attached hydrogens (tertiary/aromatic N) is 1. The number of amides is 1. The highest BCUT2D eigenvalue weighted by molar-refractivity contribution is 8.00. The molecule has 3 aliphatic rings. The van der Waals surface area contributed by atoms with Gasteiger partial charge in [-0.25, -0.2) is 0 Å². The number of fused-ring (bicyclic) bond motifs is 3. The maximum Gasteiger partial charge on any atom is 0.255 e. The minimum atomic E-state index is -2.61. The number of hydrogen-bond acceptors (Lipinski definition) is 9. The Labute approximate surface area is 193 Å². The number of aliphatic hydroxyl groups excluding tert-OH is 2. The number of likely N-dealkylation sites (N-methyl/N-ethyl adjacent to an activating group) is 1. The lowest BCUT2D eigenvalue weighted by Crippen LogP contribution is -2.64. The predicted octanol–water partition coefficient (Wildman–Crippen LogP) is 0.466. The van der Waals surface area contributed by atoms with Crippen molar-refractivity contribution in [1.82, 2.24) is 4.90 Å². The number of ketones is 2. The highest BCUT2D eigenvalue weighted by Gasteiger charge is 2.63. The van der Waals surface area contributed by atoms with Crippen LogP contribution in [0.5, 0.6) is 11.5 Å². The molecule has 10 nitrogen and oxygen atoms in total. The number of hydrogen-bond donors (Lipinski definition) is 5. The Morgan fingerprint density at radius 2 is 1.79 bits per heavy atom. The first-order chi connectivity index (χ1) is 15.5. The molecule has 177 valence electrons. The molecule has 4 rings (SSSR count). The maximum absolute atomic E-state index is 13.6. The average molecular weight is 478 g/mol. The molecule has 0 spiro atoms. The van der Waals surface area contributed by atoms with Gasteiger partial charge in [0.2, 0.25) is 5.78 Å². The van der Waals surface area contributed by atoms with Crippen molar-refractivity contribution in [2.75, 3.05) is 28.3 Å². The smallest absolute Gasteiger partial charge is 0.255 e. The van der Waals surface area contributed by atoms with Gasteiger partial charge in [-0.3, -0.25) is 19.3 Å². The van der Waals surface area contributed by atoms with Crippen molar-refractivity contribution >= 4 is 29.2 Å². The SMILES string of the molecule is COc1ccc(OC)c2c1[SH]C1CC3C(N(C)C)C(O)=C(C(N)=O)C(=O)C3(O)C(O)=C1C2=O. The van der Waals surface area contributed by atoms with E-state index in [1.807, 2.05) is 0 Å². The van der Waals surface area contributed by atoms with Gasteiger partial charge in [0.1, 0.15) is 28.6 Å². The molecule has 0 fully saturated rings. The van der Waals surface area contributed by atoms with Crippen LogP contribution in [0.4, 0.5) is 0 Å². The van der Waals surface area contributed by atoms with Crippen LogP contribution < -0.4 is 15.2 Å². The molecule has 0 bridgehead atoms. The van der Waals surface area contributed by atoms with Crippen LogP contribution in [0.15, 0.2) is 39.7 Å². The second-order valence-electron chi connectivity index (χ2n) is 8.40. The third-order valence-electron chi connectivity index (χ3n) is 6.56. The van der Waals surface area contributed by atoms with E-state index in [9.17, 15) is 29.7 Å². The number of ether oxygens (including phenoxy) is 2. The van der Waals surface area contributed by atoms with Crippen molar-refractivity contribution in [3.8, 4) is 11.5 Å². The number of benzene rings is 1. The van der Waals surface area contributed by atoms with Crippen molar-refractivity contribution in [3.05, 3.63) is 40.4 Å². The molecule has 1 heterocycles. The Hall–Kier alpha value is -3.02. The lowest BCUT2D eigenvalue weighted by atomic mass is 9.63. The largest absolute Gasteiger partial charge is 0.510 e. The summed E-state index contributed by atoms with van der Waals surface area (Å²) in [5, 5.41) is 32.9. The minimum Gasteiger partial charge on any atom is -0.510 e. The fourth-order valence-electron chi connectivity index (χ4n) is 5.09. The first-order valence-corrected chi connectivity index (χ1v) is 11.1. The van der Waals surface area contributed by atoms with Gasteiger partial charge in [0.05, 0.1) is 36.3 Å². The molecule has 1 aromatic rings. The Balaban J connectivity index is 1.98. The zero-order chi connectivity index (χ0) is 24.4. The van der Waals surface area contributed by atoms with Crippen LogP contribution in [0.2, 0.25) is 0 Å². The maximum atomic E-state index is 13.6. The molecule has 1 aliphatic heterocycles. The summed E-state index contributed by atoms with van der Waals surface area (Å²) in [7, 11) is 6.06. The first kappa shape index (κ1) is 23.1. The fourth-order valence-corrected chi connectivity index (χ4v) is 6.74. The zero-order valence-electron chi connectivity index (χ0n) is 18.4. The molecule has 11 heteroatoms. The van der Waals surface area contributed by atoms with Crippen LogP contribution in [-0.2, 0) is 9.59 Å². The highest BCUT2D eigenvalue weighted by Crippen LogP contribution is 2.55. The Kier molecular flexibility index (Phi) is 5.46. The molecule has 1 radical (unpaired) electrons. The summed E-state index contributed by atoms with van der Waals surface area (Å²) < 4.78 is 10.8. The van der Waals surface area contributed by atoms with Gasteiger partial charge in [-0.2, -0.15) is 11.8 Å². The van der Waals surface area contributed by atoms with Crippen LogP contribution in [0.3, 0.4) is 0 Å². The van der Waals surface area contributed by atoms with Crippen LogP contribution in [0, 0.1) is 5.92 Å². The zero-order valence-corrected chi connectivity index (χ0v) is 19.3. The van der Waals surface area contributed by atoms with Gasteiger partial charge >= 0.3 is 0 Å². The number of nitrogens with two attached hydrogens (primary N) is 1. The van der Waals surface area contributed by atoms with Crippen molar-refractivity contribution < 1.29 is 39.2 Å². The molecule has 0 saturated heterocycles. The molecule has 0 saturated carbocycles. The van der Waals surface area contributed by atoms with Crippen LogP contribution >= 0.6 is 11.8 Å². The molecule has 4 unspecified atom stereocenters. The third kappa shape index (κ3) is 2.99. The number of methoxy groups -OCH3 is 2. The molecule has 5 N–H and O–H groups in total. The quantitative estimate of drug-likeness (QED) is 0.307. The van der Waals surface area contributed by atoms with E-state index in [1.165, 1.54) is 19.1 Å². The Morgan fingerprint density at radius 3 is 2.33 bits per heavy atom. The third-order valence-corrected chi connectivity index (χ3v) is 8.04. The van der Waals surface area contributed by atoms with Gasteiger partial charge in [-0.05, 0) is 32.6 Å². The van der Waals surface area contributed by atoms with Crippen LogP contribution in [-0.4, -0.2) is 82.9 Å². The predicted molar refractivity (Wildman–Crippen MR) is 119 cm³/mol. The molecule has 0 aromatic heterocycles. The second kappa shape index (κ2) is 7.79. The Morgan fingerprint density at radius 1 is 1.18 bits per heavy atom. The van der Waals surface area contributed by atoms with Crippen molar-refractivity contribution in [2.45, 2.75) is 28.2 Å².